The number of aliphatic hydroxyl groups is 2. The molecule has 1 saturated heterocycles. The van der Waals surface area contributed by atoms with Gasteiger partial charge < -0.3 is 14.9 Å². The van der Waals surface area contributed by atoms with Crippen LogP contribution in [-0.4, -0.2) is 28.4 Å². The molecule has 6 atom stereocenters. The Balaban J connectivity index is 1.80. The Morgan fingerprint density at radius 2 is 1.91 bits per heavy atom. The molecule has 2 saturated carbocycles. The van der Waals surface area contributed by atoms with Crippen molar-refractivity contribution in [1.82, 2.24) is 0 Å². The fraction of sp³-hybridized carbons (Fsp3) is 0.833. The van der Waals surface area contributed by atoms with Gasteiger partial charge in [0.2, 0.25) is 0 Å². The molecule has 0 spiro atoms. The minimum absolute atomic E-state index is 0.210. The summed E-state index contributed by atoms with van der Waals surface area (Å²) in [5.74, 6) is 0.233. The molecule has 1 heterocycles. The Morgan fingerprint density at radius 1 is 1.14 bits per heavy atom. The number of fused-ring (bicyclic) bond motifs is 4. The summed E-state index contributed by atoms with van der Waals surface area (Å²) in [6.07, 6.45) is 5.14. The Kier molecular flexibility index (Phi) is 3.06. The van der Waals surface area contributed by atoms with Gasteiger partial charge in [-0.1, -0.05) is 13.8 Å². The van der Waals surface area contributed by atoms with Crippen LogP contribution in [0.4, 0.5) is 0 Å². The van der Waals surface area contributed by atoms with Crippen LogP contribution in [-0.2, 0) is 9.53 Å². The Bertz CT molecular complexity index is 553. The molecule has 1 aliphatic heterocycles. The van der Waals surface area contributed by atoms with E-state index in [1.807, 2.05) is 0 Å². The van der Waals surface area contributed by atoms with E-state index in [1.165, 1.54) is 18.4 Å². The molecule has 22 heavy (non-hydrogen) atoms. The predicted octanol–water partition coefficient (Wildman–Crippen LogP) is 2.54. The van der Waals surface area contributed by atoms with Crippen molar-refractivity contribution < 1.29 is 19.7 Å². The quantitative estimate of drug-likeness (QED) is 0.675. The third-order valence-corrected chi connectivity index (χ3v) is 7.17. The second kappa shape index (κ2) is 4.57. The van der Waals surface area contributed by atoms with Crippen molar-refractivity contribution in [2.45, 2.75) is 71.0 Å². The second-order valence-corrected chi connectivity index (χ2v) is 8.35. The molecule has 4 heteroatoms. The Labute approximate surface area is 131 Å². The standard InChI is InChI=1S/C18H26O4/c1-17-7-3-4-10(17)15-11(5-8-17)18(2)9-6-12(19)14(20)13(18)16(21)22-15/h11-14,19-20H,3-9H2,1-2H3. The summed E-state index contributed by atoms with van der Waals surface area (Å²) in [7, 11) is 0. The number of hydrogen-bond donors (Lipinski definition) is 2. The van der Waals surface area contributed by atoms with Gasteiger partial charge in [-0.05, 0) is 61.3 Å². The molecule has 0 radical (unpaired) electrons. The normalized spacial score (nSPS) is 51.0. The van der Waals surface area contributed by atoms with Gasteiger partial charge in [0.05, 0.1) is 18.1 Å². The number of carbonyl (C=O) groups excluding carboxylic acids is 1. The number of aliphatic hydroxyl groups excluding tert-OH is 2. The average Bonchev–Trinajstić information content (AvgIpc) is 2.85. The summed E-state index contributed by atoms with van der Waals surface area (Å²) in [6.45, 7) is 4.43. The number of allylic oxidation sites excluding steroid dienone is 2. The van der Waals surface area contributed by atoms with E-state index < -0.39 is 18.1 Å². The minimum Gasteiger partial charge on any atom is -0.430 e. The lowest BCUT2D eigenvalue weighted by atomic mass is 9.53. The number of rotatable bonds is 0. The number of carbonyl (C=O) groups is 1. The van der Waals surface area contributed by atoms with E-state index in [9.17, 15) is 15.0 Å². The maximum atomic E-state index is 12.6. The van der Waals surface area contributed by atoms with Crippen molar-refractivity contribution in [3.63, 3.8) is 0 Å². The topological polar surface area (TPSA) is 66.8 Å². The number of ether oxygens (including phenoxy) is 1. The fourth-order valence-electron chi connectivity index (χ4n) is 5.74. The molecule has 122 valence electrons. The molecule has 0 aromatic carbocycles. The zero-order chi connectivity index (χ0) is 15.7. The van der Waals surface area contributed by atoms with Crippen LogP contribution in [0.15, 0.2) is 11.3 Å². The second-order valence-electron chi connectivity index (χ2n) is 8.35. The molecular weight excluding hydrogens is 280 g/mol. The van der Waals surface area contributed by atoms with Crippen LogP contribution in [0.1, 0.15) is 58.8 Å². The number of esters is 1. The SMILES string of the molecule is CC12CCCC1=C1OC(=O)C3C(O)C(O)CCC3(C)C1CC2. The van der Waals surface area contributed by atoms with E-state index in [4.69, 9.17) is 4.74 Å². The fourth-order valence-corrected chi connectivity index (χ4v) is 5.74. The van der Waals surface area contributed by atoms with Crippen LogP contribution in [0.5, 0.6) is 0 Å². The summed E-state index contributed by atoms with van der Waals surface area (Å²) < 4.78 is 5.79. The van der Waals surface area contributed by atoms with Gasteiger partial charge in [0, 0.05) is 5.92 Å². The van der Waals surface area contributed by atoms with Crippen molar-refractivity contribution in [2.24, 2.45) is 22.7 Å². The first-order valence-electron chi connectivity index (χ1n) is 8.68. The Morgan fingerprint density at radius 3 is 2.68 bits per heavy atom. The zero-order valence-electron chi connectivity index (χ0n) is 13.5. The number of hydrogen-bond acceptors (Lipinski definition) is 4. The van der Waals surface area contributed by atoms with Crippen LogP contribution in [0.2, 0.25) is 0 Å². The first-order valence-corrected chi connectivity index (χ1v) is 8.68. The van der Waals surface area contributed by atoms with E-state index in [0.717, 1.165) is 31.4 Å². The van der Waals surface area contributed by atoms with Gasteiger partial charge >= 0.3 is 5.97 Å². The first-order chi connectivity index (χ1) is 10.4. The molecule has 6 unspecified atom stereocenters. The van der Waals surface area contributed by atoms with Gasteiger partial charge in [0.25, 0.3) is 0 Å². The van der Waals surface area contributed by atoms with Gasteiger partial charge in [-0.3, -0.25) is 4.79 Å². The minimum atomic E-state index is -0.991. The zero-order valence-corrected chi connectivity index (χ0v) is 13.5. The summed E-state index contributed by atoms with van der Waals surface area (Å²) in [5, 5.41) is 20.3. The third kappa shape index (κ3) is 1.74. The lowest BCUT2D eigenvalue weighted by molar-refractivity contribution is -0.189. The first kappa shape index (κ1) is 14.7. The van der Waals surface area contributed by atoms with Crippen molar-refractivity contribution in [2.75, 3.05) is 0 Å². The molecule has 0 aromatic heterocycles. The lowest BCUT2D eigenvalue weighted by Crippen LogP contribution is -2.58. The summed E-state index contributed by atoms with van der Waals surface area (Å²) >= 11 is 0. The van der Waals surface area contributed by atoms with Crippen molar-refractivity contribution in [3.8, 4) is 0 Å². The average molecular weight is 306 g/mol. The predicted molar refractivity (Wildman–Crippen MR) is 80.6 cm³/mol. The third-order valence-electron chi connectivity index (χ3n) is 7.17. The highest BCUT2D eigenvalue weighted by Crippen LogP contribution is 2.62. The highest BCUT2D eigenvalue weighted by atomic mass is 16.5. The van der Waals surface area contributed by atoms with Crippen LogP contribution in [0, 0.1) is 22.7 Å². The molecule has 4 rings (SSSR count). The van der Waals surface area contributed by atoms with Crippen molar-refractivity contribution in [3.05, 3.63) is 11.3 Å². The van der Waals surface area contributed by atoms with Crippen molar-refractivity contribution >= 4 is 5.97 Å². The molecule has 2 N–H and O–H groups in total. The highest BCUT2D eigenvalue weighted by Gasteiger charge is 2.60. The summed E-state index contributed by atoms with van der Waals surface area (Å²) in [4.78, 5) is 12.6. The van der Waals surface area contributed by atoms with Crippen LogP contribution in [0.25, 0.3) is 0 Å². The van der Waals surface area contributed by atoms with Crippen LogP contribution < -0.4 is 0 Å². The molecule has 4 aliphatic rings. The Hall–Kier alpha value is -0.870. The van der Waals surface area contributed by atoms with E-state index in [0.29, 0.717) is 6.42 Å². The summed E-state index contributed by atoms with van der Waals surface area (Å²) in [5.41, 5.74) is 1.29. The molecule has 0 bridgehead atoms. The smallest absolute Gasteiger partial charge is 0.317 e. The van der Waals surface area contributed by atoms with E-state index in [2.05, 4.69) is 13.8 Å². The van der Waals surface area contributed by atoms with Crippen LogP contribution >= 0.6 is 0 Å². The molecule has 3 aliphatic carbocycles. The molecule has 3 fully saturated rings. The van der Waals surface area contributed by atoms with Crippen molar-refractivity contribution in [1.29, 1.82) is 0 Å². The van der Waals surface area contributed by atoms with E-state index in [1.54, 1.807) is 0 Å². The maximum Gasteiger partial charge on any atom is 0.317 e. The lowest BCUT2D eigenvalue weighted by Gasteiger charge is -2.55. The maximum absolute atomic E-state index is 12.6. The van der Waals surface area contributed by atoms with Gasteiger partial charge in [0.15, 0.2) is 0 Å². The largest absolute Gasteiger partial charge is 0.430 e. The molecular formula is C18H26O4. The molecule has 0 amide bonds. The van der Waals surface area contributed by atoms with Gasteiger partial charge in [-0.25, -0.2) is 0 Å². The molecule has 0 aromatic rings. The monoisotopic (exact) mass is 306 g/mol. The summed E-state index contributed by atoms with van der Waals surface area (Å²) in [6, 6.07) is 0. The van der Waals surface area contributed by atoms with Gasteiger partial charge in [-0.2, -0.15) is 0 Å². The van der Waals surface area contributed by atoms with E-state index in [-0.39, 0.29) is 22.7 Å². The molecule has 4 nitrogen and oxygen atoms in total. The van der Waals surface area contributed by atoms with E-state index >= 15 is 0 Å². The highest BCUT2D eigenvalue weighted by molar-refractivity contribution is 5.77. The van der Waals surface area contributed by atoms with Gasteiger partial charge in [0.1, 0.15) is 5.76 Å². The van der Waals surface area contributed by atoms with Crippen LogP contribution in [0.3, 0.4) is 0 Å². The van der Waals surface area contributed by atoms with Gasteiger partial charge in [-0.15, -0.1) is 0 Å².